The molecular weight excluding hydrogens is 176 g/mol. The highest BCUT2D eigenvalue weighted by Crippen LogP contribution is 1.97. The van der Waals surface area contributed by atoms with Gasteiger partial charge in [0, 0.05) is 12.8 Å². The molecule has 0 aliphatic rings. The van der Waals surface area contributed by atoms with E-state index in [-0.39, 0.29) is 0 Å². The summed E-state index contributed by atoms with van der Waals surface area (Å²) in [5.74, 6) is 0. The van der Waals surface area contributed by atoms with Crippen LogP contribution in [0, 0.1) is 0 Å². The number of rotatable bonds is 9. The van der Waals surface area contributed by atoms with Gasteiger partial charge in [0.1, 0.15) is 12.6 Å². The lowest BCUT2D eigenvalue weighted by Gasteiger charge is -1.87. The summed E-state index contributed by atoms with van der Waals surface area (Å²) >= 11 is 0. The Kier molecular flexibility index (Phi) is 10.8. The zero-order valence-electron chi connectivity index (χ0n) is 8.52. The molecule has 2 heteroatoms. The third-order valence-electron chi connectivity index (χ3n) is 1.74. The number of carbonyl (C=O) groups is 2. The summed E-state index contributed by atoms with van der Waals surface area (Å²) in [5, 5.41) is 0. The van der Waals surface area contributed by atoms with Crippen molar-refractivity contribution in [2.24, 2.45) is 0 Å². The number of carbonyl (C=O) groups excluding carboxylic acids is 2. The zero-order chi connectivity index (χ0) is 10.5. The van der Waals surface area contributed by atoms with Crippen molar-refractivity contribution < 1.29 is 9.59 Å². The van der Waals surface area contributed by atoms with Gasteiger partial charge in [0.15, 0.2) is 0 Å². The second-order valence-electron chi connectivity index (χ2n) is 3.01. The molecule has 0 aliphatic carbocycles. The summed E-state index contributed by atoms with van der Waals surface area (Å²) in [4.78, 5) is 19.9. The first-order valence-electron chi connectivity index (χ1n) is 5.09. The van der Waals surface area contributed by atoms with Crippen LogP contribution in [0.25, 0.3) is 0 Å². The van der Waals surface area contributed by atoms with E-state index in [1.807, 2.05) is 12.2 Å². The van der Waals surface area contributed by atoms with E-state index in [9.17, 15) is 9.59 Å². The monoisotopic (exact) mass is 194 g/mol. The third-order valence-corrected chi connectivity index (χ3v) is 1.74. The Morgan fingerprint density at radius 1 is 0.500 bits per heavy atom. The average molecular weight is 194 g/mol. The molecule has 0 radical (unpaired) electrons. The fraction of sp³-hybridized carbons (Fsp3) is 0.500. The Bertz CT molecular complexity index is 170. The molecule has 0 saturated carbocycles. The van der Waals surface area contributed by atoms with Crippen LogP contribution < -0.4 is 0 Å². The van der Waals surface area contributed by atoms with Crippen LogP contribution in [0.15, 0.2) is 24.3 Å². The molecule has 0 unspecified atom stereocenters. The largest absolute Gasteiger partial charge is 0.303 e. The molecule has 2 nitrogen and oxygen atoms in total. The van der Waals surface area contributed by atoms with E-state index in [2.05, 4.69) is 12.2 Å². The van der Waals surface area contributed by atoms with E-state index < -0.39 is 0 Å². The van der Waals surface area contributed by atoms with E-state index in [4.69, 9.17) is 0 Å². The Hall–Kier alpha value is -1.18. The number of hydrogen-bond donors (Lipinski definition) is 0. The number of hydrogen-bond acceptors (Lipinski definition) is 2. The fourth-order valence-corrected chi connectivity index (χ4v) is 0.992. The summed E-state index contributed by atoms with van der Waals surface area (Å²) < 4.78 is 0. The van der Waals surface area contributed by atoms with E-state index in [1.165, 1.54) is 0 Å². The summed E-state index contributed by atoms with van der Waals surface area (Å²) in [6.07, 6.45) is 15.1. The first kappa shape index (κ1) is 12.8. The van der Waals surface area contributed by atoms with Gasteiger partial charge in [-0.3, -0.25) is 0 Å². The maximum absolute atomic E-state index is 9.97. The molecule has 0 aromatic rings. The second-order valence-corrected chi connectivity index (χ2v) is 3.01. The fourth-order valence-electron chi connectivity index (χ4n) is 0.992. The van der Waals surface area contributed by atoms with Gasteiger partial charge >= 0.3 is 0 Å². The van der Waals surface area contributed by atoms with Gasteiger partial charge < -0.3 is 9.59 Å². The van der Waals surface area contributed by atoms with Crippen LogP contribution in [0.2, 0.25) is 0 Å². The molecule has 0 heterocycles. The third kappa shape index (κ3) is 10.8. The van der Waals surface area contributed by atoms with Gasteiger partial charge in [-0.1, -0.05) is 24.3 Å². The van der Waals surface area contributed by atoms with Gasteiger partial charge in [0.2, 0.25) is 0 Å². The van der Waals surface area contributed by atoms with Crippen LogP contribution in [0.4, 0.5) is 0 Å². The van der Waals surface area contributed by atoms with E-state index in [0.717, 1.165) is 38.3 Å². The molecule has 0 fully saturated rings. The molecule has 0 N–H and O–H groups in total. The first-order chi connectivity index (χ1) is 6.91. The van der Waals surface area contributed by atoms with Gasteiger partial charge in [-0.05, 0) is 25.7 Å². The van der Waals surface area contributed by atoms with Crippen LogP contribution in [0.1, 0.15) is 38.5 Å². The van der Waals surface area contributed by atoms with Crippen LogP contribution in [-0.4, -0.2) is 12.6 Å². The minimum absolute atomic E-state index is 0.617. The molecule has 0 aromatic heterocycles. The maximum atomic E-state index is 9.97. The molecule has 0 spiro atoms. The SMILES string of the molecule is O=CCCC=CCC/C=C/CCC=O. The van der Waals surface area contributed by atoms with Crippen LogP contribution in [0.3, 0.4) is 0 Å². The number of allylic oxidation sites excluding steroid dienone is 4. The smallest absolute Gasteiger partial charge is 0.120 e. The normalized spacial score (nSPS) is 11.1. The number of aldehydes is 2. The molecule has 14 heavy (non-hydrogen) atoms. The highest BCUT2D eigenvalue weighted by Gasteiger charge is 1.80. The lowest BCUT2D eigenvalue weighted by Crippen LogP contribution is -1.72. The van der Waals surface area contributed by atoms with Crippen molar-refractivity contribution in [3.8, 4) is 0 Å². The van der Waals surface area contributed by atoms with Crippen molar-refractivity contribution in [3.63, 3.8) is 0 Å². The molecular formula is C12H18O2. The van der Waals surface area contributed by atoms with Crippen molar-refractivity contribution >= 4 is 12.6 Å². The van der Waals surface area contributed by atoms with Gasteiger partial charge in [-0.25, -0.2) is 0 Å². The summed E-state index contributed by atoms with van der Waals surface area (Å²) in [6, 6.07) is 0. The first-order valence-corrected chi connectivity index (χ1v) is 5.09. The second kappa shape index (κ2) is 11.8. The molecule has 78 valence electrons. The highest BCUT2D eigenvalue weighted by molar-refractivity contribution is 5.49. The Morgan fingerprint density at radius 3 is 1.07 bits per heavy atom. The predicted octanol–water partition coefficient (Wildman–Crippen LogP) is 2.84. The van der Waals surface area contributed by atoms with Crippen molar-refractivity contribution in [1.29, 1.82) is 0 Å². The van der Waals surface area contributed by atoms with Gasteiger partial charge in [0.25, 0.3) is 0 Å². The molecule has 0 saturated heterocycles. The minimum Gasteiger partial charge on any atom is -0.303 e. The molecule has 0 atom stereocenters. The summed E-state index contributed by atoms with van der Waals surface area (Å²) in [5.41, 5.74) is 0. The lowest BCUT2D eigenvalue weighted by molar-refractivity contribution is -0.108. The van der Waals surface area contributed by atoms with Crippen molar-refractivity contribution in [3.05, 3.63) is 24.3 Å². The van der Waals surface area contributed by atoms with Crippen LogP contribution in [0.5, 0.6) is 0 Å². The van der Waals surface area contributed by atoms with Crippen LogP contribution >= 0.6 is 0 Å². The topological polar surface area (TPSA) is 34.1 Å². The van der Waals surface area contributed by atoms with E-state index >= 15 is 0 Å². The van der Waals surface area contributed by atoms with Crippen molar-refractivity contribution in [1.82, 2.24) is 0 Å². The molecule has 0 bridgehead atoms. The Labute approximate surface area is 85.7 Å². The van der Waals surface area contributed by atoms with Gasteiger partial charge in [-0.2, -0.15) is 0 Å². The van der Waals surface area contributed by atoms with E-state index in [0.29, 0.717) is 12.8 Å². The number of unbranched alkanes of at least 4 members (excludes halogenated alkanes) is 3. The Morgan fingerprint density at radius 2 is 0.786 bits per heavy atom. The van der Waals surface area contributed by atoms with Gasteiger partial charge in [0.05, 0.1) is 0 Å². The maximum Gasteiger partial charge on any atom is 0.120 e. The standard InChI is InChI=1S/C12H18O2/c13-11-9-7-5-3-1-2-4-6-8-10-12-14/h3-6,11-12H,1-2,7-10H2/b5-3+,6-4?. The van der Waals surface area contributed by atoms with Gasteiger partial charge in [-0.15, -0.1) is 0 Å². The summed E-state index contributed by atoms with van der Waals surface area (Å²) in [7, 11) is 0. The minimum atomic E-state index is 0.617. The quantitative estimate of drug-likeness (QED) is 0.321. The average Bonchev–Trinajstić information content (AvgIpc) is 2.21. The zero-order valence-corrected chi connectivity index (χ0v) is 8.52. The predicted molar refractivity (Wildman–Crippen MR) is 58.1 cm³/mol. The Balaban J connectivity index is 3.18. The van der Waals surface area contributed by atoms with Crippen molar-refractivity contribution in [2.75, 3.05) is 0 Å². The van der Waals surface area contributed by atoms with Crippen LogP contribution in [-0.2, 0) is 9.59 Å². The summed E-state index contributed by atoms with van der Waals surface area (Å²) in [6.45, 7) is 0. The molecule has 0 amide bonds. The van der Waals surface area contributed by atoms with Crippen molar-refractivity contribution in [2.45, 2.75) is 38.5 Å². The molecule has 0 rings (SSSR count). The molecule has 0 aromatic carbocycles. The van der Waals surface area contributed by atoms with E-state index in [1.54, 1.807) is 0 Å². The highest BCUT2D eigenvalue weighted by atomic mass is 16.1. The molecule has 0 aliphatic heterocycles. The lowest BCUT2D eigenvalue weighted by atomic mass is 10.2.